The van der Waals surface area contributed by atoms with Crippen LogP contribution in [0.3, 0.4) is 0 Å². The Morgan fingerprint density at radius 3 is 1.13 bits per heavy atom. The predicted octanol–water partition coefficient (Wildman–Crippen LogP) is 12.7. The van der Waals surface area contributed by atoms with Crippen molar-refractivity contribution in [1.82, 2.24) is 34.9 Å². The molecule has 0 fully saturated rings. The van der Waals surface area contributed by atoms with Crippen LogP contribution in [0.5, 0.6) is 0 Å². The molecule has 0 atom stereocenters. The summed E-state index contributed by atoms with van der Waals surface area (Å²) in [5.41, 5.74) is 10.1. The summed E-state index contributed by atoms with van der Waals surface area (Å²) < 4.78 is 0. The third kappa shape index (κ3) is 5.56. The number of hydrogen-bond acceptors (Lipinski definition) is 7. The maximum absolute atomic E-state index is 5.28. The first-order valence-corrected chi connectivity index (χ1v) is 19.9. The van der Waals surface area contributed by atoms with E-state index in [2.05, 4.69) is 133 Å². The lowest BCUT2D eigenvalue weighted by molar-refractivity contribution is 1.08. The van der Waals surface area contributed by atoms with Gasteiger partial charge < -0.3 is 0 Å². The van der Waals surface area contributed by atoms with Gasteiger partial charge in [-0.3, -0.25) is 9.97 Å². The molecule has 0 saturated carbocycles. The van der Waals surface area contributed by atoms with Gasteiger partial charge in [-0.2, -0.15) is 0 Å². The van der Waals surface area contributed by atoms with Gasteiger partial charge in [0.15, 0.2) is 17.5 Å². The van der Waals surface area contributed by atoms with Crippen LogP contribution in [0, 0.1) is 0 Å². The third-order valence-electron chi connectivity index (χ3n) is 11.4. The van der Waals surface area contributed by atoms with Crippen molar-refractivity contribution in [2.75, 3.05) is 0 Å². The minimum absolute atomic E-state index is 0.590. The van der Waals surface area contributed by atoms with E-state index >= 15 is 0 Å². The molecule has 278 valence electrons. The Kier molecular flexibility index (Phi) is 7.71. The van der Waals surface area contributed by atoms with Crippen LogP contribution in [0.1, 0.15) is 0 Å². The van der Waals surface area contributed by atoms with Crippen LogP contribution in [-0.4, -0.2) is 34.9 Å². The first kappa shape index (κ1) is 33.8. The Labute approximate surface area is 343 Å². The summed E-state index contributed by atoms with van der Waals surface area (Å²) >= 11 is 0. The molecule has 0 aliphatic heterocycles. The van der Waals surface area contributed by atoms with Gasteiger partial charge >= 0.3 is 0 Å². The first-order valence-electron chi connectivity index (χ1n) is 19.9. The quantitative estimate of drug-likeness (QED) is 0.161. The second-order valence-electron chi connectivity index (χ2n) is 14.9. The van der Waals surface area contributed by atoms with Gasteiger partial charge in [-0.15, -0.1) is 0 Å². The summed E-state index contributed by atoms with van der Waals surface area (Å²) in [7, 11) is 0. The molecule has 12 aromatic rings. The van der Waals surface area contributed by atoms with Crippen LogP contribution in [-0.2, 0) is 0 Å². The molecule has 0 N–H and O–H groups in total. The fourth-order valence-electron chi connectivity index (χ4n) is 8.54. The lowest BCUT2D eigenvalue weighted by atomic mass is 9.96. The Hall–Kier alpha value is -8.29. The summed E-state index contributed by atoms with van der Waals surface area (Å²) in [5, 5.41) is 8.39. The number of benzene rings is 7. The molecule has 0 spiro atoms. The van der Waals surface area contributed by atoms with E-state index in [1.807, 2.05) is 54.9 Å². The molecule has 5 aromatic heterocycles. The summed E-state index contributed by atoms with van der Waals surface area (Å²) in [4.78, 5) is 35.4. The van der Waals surface area contributed by atoms with Crippen molar-refractivity contribution in [2.45, 2.75) is 0 Å². The number of rotatable bonds is 5. The van der Waals surface area contributed by atoms with Gasteiger partial charge in [0.25, 0.3) is 0 Å². The molecule has 5 heterocycles. The Morgan fingerprint density at radius 2 is 0.650 bits per heavy atom. The second kappa shape index (κ2) is 13.7. The minimum atomic E-state index is 0.590. The molecule has 7 aromatic carbocycles. The maximum Gasteiger partial charge on any atom is 0.164 e. The van der Waals surface area contributed by atoms with Crippen molar-refractivity contribution in [3.63, 3.8) is 0 Å². The van der Waals surface area contributed by atoms with Gasteiger partial charge in [-0.05, 0) is 45.8 Å². The number of pyridine rings is 4. The third-order valence-corrected chi connectivity index (χ3v) is 11.4. The van der Waals surface area contributed by atoms with Crippen LogP contribution in [0.4, 0.5) is 0 Å². The summed E-state index contributed by atoms with van der Waals surface area (Å²) in [6.07, 6.45) is 3.65. The topological polar surface area (TPSA) is 90.2 Å². The van der Waals surface area contributed by atoms with Crippen molar-refractivity contribution >= 4 is 65.2 Å². The highest BCUT2D eigenvalue weighted by atomic mass is 15.0. The Bertz CT molecular complexity index is 3460. The lowest BCUT2D eigenvalue weighted by Gasteiger charge is -2.14. The number of nitrogens with zero attached hydrogens (tertiary/aromatic N) is 7. The van der Waals surface area contributed by atoms with Crippen molar-refractivity contribution in [3.8, 4) is 56.7 Å². The molecule has 0 aliphatic rings. The van der Waals surface area contributed by atoms with Gasteiger partial charge in [0.2, 0.25) is 0 Å². The molecular weight excluding hydrogens is 735 g/mol. The molecule has 0 aliphatic carbocycles. The van der Waals surface area contributed by atoms with Crippen molar-refractivity contribution < 1.29 is 0 Å². The van der Waals surface area contributed by atoms with E-state index in [4.69, 9.17) is 34.9 Å². The van der Waals surface area contributed by atoms with E-state index in [1.165, 1.54) is 0 Å². The summed E-state index contributed by atoms with van der Waals surface area (Å²) in [6.45, 7) is 0. The number of hydrogen-bond donors (Lipinski definition) is 0. The molecule has 7 nitrogen and oxygen atoms in total. The monoisotopic (exact) mass is 765 g/mol. The van der Waals surface area contributed by atoms with E-state index in [0.717, 1.165) is 104 Å². The Balaban J connectivity index is 1.03. The average molecular weight is 766 g/mol. The van der Waals surface area contributed by atoms with Crippen LogP contribution in [0.25, 0.3) is 122 Å². The smallest absolute Gasteiger partial charge is 0.164 e. The largest absolute Gasteiger partial charge is 0.254 e. The molecule has 0 amide bonds. The highest BCUT2D eigenvalue weighted by Gasteiger charge is 2.19. The zero-order chi connectivity index (χ0) is 39.6. The molecule has 0 radical (unpaired) electrons. The summed E-state index contributed by atoms with van der Waals surface area (Å²) in [5.74, 6) is 1.78. The summed E-state index contributed by atoms with van der Waals surface area (Å²) in [6, 6.07) is 60.4. The number of aromatic nitrogens is 7. The first-order chi connectivity index (χ1) is 29.7. The van der Waals surface area contributed by atoms with E-state index in [0.29, 0.717) is 17.5 Å². The fourth-order valence-corrected chi connectivity index (χ4v) is 8.54. The molecule has 7 heteroatoms. The van der Waals surface area contributed by atoms with Gasteiger partial charge in [0.1, 0.15) is 0 Å². The molecule has 12 rings (SSSR count). The van der Waals surface area contributed by atoms with Crippen molar-refractivity contribution in [1.29, 1.82) is 0 Å². The molecule has 0 unspecified atom stereocenters. The van der Waals surface area contributed by atoms with Gasteiger partial charge in [0.05, 0.1) is 33.5 Å². The zero-order valence-corrected chi connectivity index (χ0v) is 32.0. The van der Waals surface area contributed by atoms with Crippen LogP contribution >= 0.6 is 0 Å². The van der Waals surface area contributed by atoms with Crippen molar-refractivity contribution in [3.05, 3.63) is 188 Å². The van der Waals surface area contributed by atoms with E-state index in [9.17, 15) is 0 Å². The SMILES string of the molecule is c1ccc(-c2nc(-c3cccc4c(-c5ccc6ccc7cccnc7c6n5)cccc34)nc(-c3cccc4c(-c5ccc6ccc7cccnc7c6n5)cccc34)n2)cc1. The van der Waals surface area contributed by atoms with Crippen LogP contribution in [0.15, 0.2) is 188 Å². The van der Waals surface area contributed by atoms with Gasteiger partial charge in [-0.1, -0.05) is 152 Å². The zero-order valence-electron chi connectivity index (χ0n) is 32.0. The van der Waals surface area contributed by atoms with E-state index in [1.54, 1.807) is 0 Å². The van der Waals surface area contributed by atoms with Crippen LogP contribution in [0.2, 0.25) is 0 Å². The second-order valence-corrected chi connectivity index (χ2v) is 14.9. The van der Waals surface area contributed by atoms with Crippen LogP contribution < -0.4 is 0 Å². The van der Waals surface area contributed by atoms with Crippen molar-refractivity contribution in [2.24, 2.45) is 0 Å². The molecule has 60 heavy (non-hydrogen) atoms. The van der Waals surface area contributed by atoms with E-state index in [-0.39, 0.29) is 0 Å². The standard InChI is InChI=1S/C53H31N7/c1-2-10-36(11-3-1)51-58-52(43-20-6-14-37-39(43)16-4-18-41(37)45-28-26-34-24-22-32-12-8-30-54-47(32)49(34)56-45)60-53(59-51)44-21-7-15-38-40(44)17-5-19-42(38)46-29-27-35-25-23-33-13-9-31-55-48(33)50(35)57-46/h1-31H. The average Bonchev–Trinajstić information content (AvgIpc) is 3.33. The van der Waals surface area contributed by atoms with Gasteiger partial charge in [0, 0.05) is 61.8 Å². The van der Waals surface area contributed by atoms with E-state index < -0.39 is 0 Å². The Morgan fingerprint density at radius 1 is 0.250 bits per heavy atom. The normalized spacial score (nSPS) is 11.7. The minimum Gasteiger partial charge on any atom is -0.254 e. The fraction of sp³-hybridized carbons (Fsp3) is 0. The predicted molar refractivity (Wildman–Crippen MR) is 243 cm³/mol. The molecule has 0 bridgehead atoms. The number of fused-ring (bicyclic) bond motifs is 8. The highest BCUT2D eigenvalue weighted by Crippen LogP contribution is 2.38. The van der Waals surface area contributed by atoms with Gasteiger partial charge in [-0.25, -0.2) is 24.9 Å². The maximum atomic E-state index is 5.28. The lowest BCUT2D eigenvalue weighted by Crippen LogP contribution is -2.01. The molecular formula is C53H31N7. The molecule has 0 saturated heterocycles. The highest BCUT2D eigenvalue weighted by molar-refractivity contribution is 6.08.